The van der Waals surface area contributed by atoms with Crippen molar-refractivity contribution < 1.29 is 4.42 Å². The van der Waals surface area contributed by atoms with E-state index >= 15 is 0 Å². The van der Waals surface area contributed by atoms with Gasteiger partial charge in [-0.05, 0) is 98.8 Å². The van der Waals surface area contributed by atoms with Crippen molar-refractivity contribution >= 4 is 73.1 Å². The van der Waals surface area contributed by atoms with Gasteiger partial charge in [-0.1, -0.05) is 140 Å². The molecule has 0 unspecified atom stereocenters. The van der Waals surface area contributed by atoms with Gasteiger partial charge in [-0.25, -0.2) is 0 Å². The maximum atomic E-state index is 7.32. The number of rotatable bonds is 1. The highest BCUT2D eigenvalue weighted by Gasteiger charge is 2.49. The molecule has 6 aromatic carbocycles. The number of nitrogens with zero attached hydrogens (tertiary/aromatic N) is 2. The minimum absolute atomic E-state index is 0.0139. The van der Waals surface area contributed by atoms with Crippen molar-refractivity contribution in [3.05, 3.63) is 138 Å². The van der Waals surface area contributed by atoms with Crippen LogP contribution in [-0.4, -0.2) is 11.3 Å². The fourth-order valence-corrected chi connectivity index (χ4v) is 11.4. The Balaban J connectivity index is 1.27. The molecule has 4 aliphatic rings. The van der Waals surface area contributed by atoms with Gasteiger partial charge in [-0.2, -0.15) is 0 Å². The van der Waals surface area contributed by atoms with Crippen LogP contribution in [0.25, 0.3) is 49.6 Å². The van der Waals surface area contributed by atoms with Crippen molar-refractivity contribution in [2.75, 3.05) is 4.90 Å². The van der Waals surface area contributed by atoms with Crippen molar-refractivity contribution in [3.63, 3.8) is 0 Å². The standard InChI is InChI=1S/C52H47BN2O/c1-50(2,3)31-24-25-44-36(28-31)48-49(56-44)53-39-21-14-18-34-33-16-9-11-22-40(33)54(47(34)39)42-29-32(51(4,5)6)30-43(46(42)53)55(48)41-23-15-20-38-45(41)35-17-8-10-19-37(35)52(38)26-12-7-13-27-52/h8-11,14-25,28-30H,7,12-13,26-27H2,1-6H3. The molecule has 0 radical (unpaired) electrons. The molecule has 3 nitrogen and oxygen atoms in total. The second kappa shape index (κ2) is 10.9. The third kappa shape index (κ3) is 4.10. The number of hydrogen-bond donors (Lipinski definition) is 0. The Kier molecular flexibility index (Phi) is 6.36. The van der Waals surface area contributed by atoms with Crippen LogP contribution in [0, 0.1) is 0 Å². The summed E-state index contributed by atoms with van der Waals surface area (Å²) in [5.41, 5.74) is 20.6. The zero-order valence-corrected chi connectivity index (χ0v) is 33.4. The summed E-state index contributed by atoms with van der Waals surface area (Å²) in [4.78, 5) is 2.66. The Morgan fingerprint density at radius 1 is 0.607 bits per heavy atom. The number of hydrogen-bond acceptors (Lipinski definition) is 2. The Bertz CT molecular complexity index is 2990. The SMILES string of the molecule is CC(C)(C)c1cc2c3c(c1)-n1c4ccccc4c4cccc(c41)B3c1oc3ccc(C(C)(C)C)cc3c1N2c1cccc2c1-c1ccccc1C21CCCCC1. The second-order valence-corrected chi connectivity index (χ2v) is 19.2. The lowest BCUT2D eigenvalue weighted by Crippen LogP contribution is -2.60. The van der Waals surface area contributed by atoms with Crippen molar-refractivity contribution in [1.82, 2.24) is 4.57 Å². The van der Waals surface area contributed by atoms with Crippen LogP contribution in [-0.2, 0) is 16.2 Å². The summed E-state index contributed by atoms with van der Waals surface area (Å²) in [6.45, 7) is 14.0. The maximum Gasteiger partial charge on any atom is 0.297 e. The summed E-state index contributed by atoms with van der Waals surface area (Å²) in [6, 6.07) is 44.5. The molecule has 2 aromatic heterocycles. The number of furan rings is 1. The Labute approximate surface area is 330 Å². The average Bonchev–Trinajstić information content (AvgIpc) is 3.83. The average molecular weight is 727 g/mol. The molecule has 0 N–H and O–H groups in total. The Hall–Kier alpha value is -5.48. The molecule has 12 rings (SSSR count). The molecule has 2 aliphatic heterocycles. The molecule has 4 heteroatoms. The smallest absolute Gasteiger partial charge is 0.297 e. The van der Waals surface area contributed by atoms with E-state index in [2.05, 4.69) is 166 Å². The molecule has 4 heterocycles. The van der Waals surface area contributed by atoms with Gasteiger partial charge in [0, 0.05) is 44.0 Å². The van der Waals surface area contributed by atoms with E-state index in [0.29, 0.717) is 0 Å². The van der Waals surface area contributed by atoms with Gasteiger partial charge in [0.25, 0.3) is 6.71 Å². The first-order valence-electron chi connectivity index (χ1n) is 20.9. The number of fused-ring (bicyclic) bond motifs is 14. The molecule has 2 aliphatic carbocycles. The lowest BCUT2D eigenvalue weighted by Gasteiger charge is -2.40. The van der Waals surface area contributed by atoms with E-state index in [9.17, 15) is 0 Å². The third-order valence-corrected chi connectivity index (χ3v) is 14.1. The summed E-state index contributed by atoms with van der Waals surface area (Å²) in [6.07, 6.45) is 6.28. The Morgan fingerprint density at radius 3 is 2.14 bits per heavy atom. The van der Waals surface area contributed by atoms with E-state index in [0.717, 1.165) is 11.2 Å². The van der Waals surface area contributed by atoms with Gasteiger partial charge in [-0.15, -0.1) is 0 Å². The van der Waals surface area contributed by atoms with Crippen LogP contribution in [0.5, 0.6) is 0 Å². The maximum absolute atomic E-state index is 7.32. The molecule has 1 saturated carbocycles. The zero-order chi connectivity index (χ0) is 37.9. The molecule has 0 saturated heterocycles. The monoisotopic (exact) mass is 726 g/mol. The number of aromatic nitrogens is 1. The van der Waals surface area contributed by atoms with Gasteiger partial charge < -0.3 is 13.9 Å². The van der Waals surface area contributed by atoms with Gasteiger partial charge in [-0.3, -0.25) is 0 Å². The highest BCUT2D eigenvalue weighted by molar-refractivity contribution is 7.00. The fourth-order valence-electron chi connectivity index (χ4n) is 11.4. The summed E-state index contributed by atoms with van der Waals surface area (Å²) in [5, 5.41) is 3.79. The molecule has 1 spiro atoms. The highest BCUT2D eigenvalue weighted by Crippen LogP contribution is 2.60. The fraction of sp³-hybridized carbons (Fsp3) is 0.269. The first-order valence-corrected chi connectivity index (χ1v) is 20.9. The summed E-state index contributed by atoms with van der Waals surface area (Å²) >= 11 is 0. The van der Waals surface area contributed by atoms with Gasteiger partial charge in [0.2, 0.25) is 0 Å². The van der Waals surface area contributed by atoms with E-state index in [1.54, 1.807) is 0 Å². The quantitative estimate of drug-likeness (QED) is 0.157. The molecule has 274 valence electrons. The van der Waals surface area contributed by atoms with Crippen molar-refractivity contribution in [1.29, 1.82) is 0 Å². The molecule has 1 fully saturated rings. The van der Waals surface area contributed by atoms with Crippen LogP contribution in [0.1, 0.15) is 95.9 Å². The van der Waals surface area contributed by atoms with Crippen LogP contribution >= 0.6 is 0 Å². The lowest BCUT2D eigenvalue weighted by molar-refractivity contribution is 0.353. The van der Waals surface area contributed by atoms with Gasteiger partial charge >= 0.3 is 0 Å². The van der Waals surface area contributed by atoms with Crippen LogP contribution in [0.4, 0.5) is 17.1 Å². The van der Waals surface area contributed by atoms with E-state index in [-0.39, 0.29) is 23.0 Å². The van der Waals surface area contributed by atoms with Crippen molar-refractivity contribution in [3.8, 4) is 16.8 Å². The van der Waals surface area contributed by atoms with E-state index < -0.39 is 0 Å². The Morgan fingerprint density at radius 2 is 1.32 bits per heavy atom. The molecule has 56 heavy (non-hydrogen) atoms. The summed E-state index contributed by atoms with van der Waals surface area (Å²) < 4.78 is 9.90. The van der Waals surface area contributed by atoms with Gasteiger partial charge in [0.15, 0.2) is 0 Å². The predicted molar refractivity (Wildman–Crippen MR) is 237 cm³/mol. The summed E-state index contributed by atoms with van der Waals surface area (Å²) in [5.74, 6) is 0. The molecular weight excluding hydrogens is 679 g/mol. The molecule has 8 aromatic rings. The van der Waals surface area contributed by atoms with Crippen LogP contribution in [0.3, 0.4) is 0 Å². The van der Waals surface area contributed by atoms with E-state index in [1.165, 1.54) is 126 Å². The first-order chi connectivity index (χ1) is 27.0. The molecule has 0 bridgehead atoms. The molecule has 0 atom stereocenters. The molecular formula is C52H47BN2O. The third-order valence-electron chi connectivity index (χ3n) is 14.1. The van der Waals surface area contributed by atoms with Crippen LogP contribution < -0.4 is 21.5 Å². The first kappa shape index (κ1) is 32.7. The topological polar surface area (TPSA) is 21.3 Å². The second-order valence-electron chi connectivity index (χ2n) is 19.2. The minimum Gasteiger partial charge on any atom is -0.468 e. The van der Waals surface area contributed by atoms with Crippen LogP contribution in [0.15, 0.2) is 120 Å². The predicted octanol–water partition coefficient (Wildman–Crippen LogP) is 12.0. The lowest BCUT2D eigenvalue weighted by atomic mass is 9.36. The summed E-state index contributed by atoms with van der Waals surface area (Å²) in [7, 11) is 0. The minimum atomic E-state index is -0.0821. The largest absolute Gasteiger partial charge is 0.468 e. The number of anilines is 3. The molecule has 0 amide bonds. The van der Waals surface area contributed by atoms with Gasteiger partial charge in [0.1, 0.15) is 5.58 Å². The highest BCUT2D eigenvalue weighted by atomic mass is 16.3. The number of para-hydroxylation sites is 2. The zero-order valence-electron chi connectivity index (χ0n) is 33.4. The van der Waals surface area contributed by atoms with E-state index in [4.69, 9.17) is 4.42 Å². The van der Waals surface area contributed by atoms with Crippen molar-refractivity contribution in [2.45, 2.75) is 89.9 Å². The van der Waals surface area contributed by atoms with Gasteiger partial charge in [0.05, 0.1) is 22.6 Å². The van der Waals surface area contributed by atoms with E-state index in [1.807, 2.05) is 0 Å². The van der Waals surface area contributed by atoms with Crippen molar-refractivity contribution in [2.24, 2.45) is 0 Å². The number of benzene rings is 6. The van der Waals surface area contributed by atoms with Crippen LogP contribution in [0.2, 0.25) is 0 Å². The normalized spacial score (nSPS) is 16.5.